The van der Waals surface area contributed by atoms with E-state index in [2.05, 4.69) is 10.2 Å². The highest BCUT2D eigenvalue weighted by atomic mass is 32.2. The lowest BCUT2D eigenvalue weighted by molar-refractivity contribution is 0.0697. The van der Waals surface area contributed by atoms with Crippen LogP contribution in [0.5, 0.6) is 0 Å². The summed E-state index contributed by atoms with van der Waals surface area (Å²) in [6.45, 7) is 1.20. The largest absolute Gasteiger partial charge is 0.336 e. The molecule has 8 nitrogen and oxygen atoms in total. The third-order valence-electron chi connectivity index (χ3n) is 5.42. The zero-order chi connectivity index (χ0) is 20.7. The molecule has 0 N–H and O–H groups in total. The van der Waals surface area contributed by atoms with Gasteiger partial charge in [-0.3, -0.25) is 9.20 Å². The fourth-order valence-electron chi connectivity index (χ4n) is 3.75. The van der Waals surface area contributed by atoms with Gasteiger partial charge in [0, 0.05) is 32.4 Å². The predicted molar refractivity (Wildman–Crippen MR) is 112 cm³/mol. The molecule has 5 rings (SSSR count). The Kier molecular flexibility index (Phi) is 4.48. The van der Waals surface area contributed by atoms with Crippen LogP contribution in [0.2, 0.25) is 0 Å². The van der Waals surface area contributed by atoms with E-state index >= 15 is 0 Å². The molecule has 0 aliphatic carbocycles. The third-order valence-corrected chi connectivity index (χ3v) is 7.32. The van der Waals surface area contributed by atoms with Crippen molar-refractivity contribution in [1.29, 1.82) is 0 Å². The normalized spacial score (nSPS) is 15.7. The second kappa shape index (κ2) is 7.19. The van der Waals surface area contributed by atoms with E-state index in [9.17, 15) is 13.2 Å². The number of nitrogens with zero attached hydrogens (tertiary/aromatic N) is 5. The van der Waals surface area contributed by atoms with Gasteiger partial charge >= 0.3 is 0 Å². The van der Waals surface area contributed by atoms with E-state index in [0.717, 1.165) is 10.8 Å². The summed E-state index contributed by atoms with van der Waals surface area (Å²) >= 11 is 0. The van der Waals surface area contributed by atoms with E-state index in [1.54, 1.807) is 46.1 Å². The molecule has 30 heavy (non-hydrogen) atoms. The topological polar surface area (TPSA) is 87.9 Å². The molecule has 1 aliphatic heterocycles. The molecule has 152 valence electrons. The number of fused-ring (bicyclic) bond motifs is 2. The number of amides is 1. The second-order valence-electron chi connectivity index (χ2n) is 7.22. The standard InChI is InChI=1S/C21H19N5O3S/c27-21(18-6-8-20-23-22-15-25(20)14-18)24-9-11-26(12-10-24)30(28,29)19-7-5-16-3-1-2-4-17(16)13-19/h1-8,13-15H,9-12H2. The van der Waals surface area contributed by atoms with Crippen molar-refractivity contribution in [2.24, 2.45) is 0 Å². The van der Waals surface area contributed by atoms with Gasteiger partial charge in [-0.15, -0.1) is 10.2 Å². The van der Waals surface area contributed by atoms with Crippen LogP contribution in [0.1, 0.15) is 10.4 Å². The van der Waals surface area contributed by atoms with E-state index < -0.39 is 10.0 Å². The summed E-state index contributed by atoms with van der Waals surface area (Å²) < 4.78 is 29.3. The molecule has 0 bridgehead atoms. The van der Waals surface area contributed by atoms with Crippen LogP contribution in [0.4, 0.5) is 0 Å². The maximum atomic E-state index is 13.1. The van der Waals surface area contributed by atoms with Crippen molar-refractivity contribution in [2.75, 3.05) is 26.2 Å². The minimum Gasteiger partial charge on any atom is -0.336 e. The van der Waals surface area contributed by atoms with Crippen LogP contribution in [0.3, 0.4) is 0 Å². The van der Waals surface area contributed by atoms with Gasteiger partial charge in [0.2, 0.25) is 10.0 Å². The number of benzene rings is 2. The van der Waals surface area contributed by atoms with Gasteiger partial charge in [0.15, 0.2) is 5.65 Å². The number of carbonyl (C=O) groups is 1. The number of aromatic nitrogens is 3. The number of rotatable bonds is 3. The van der Waals surface area contributed by atoms with Crippen molar-refractivity contribution in [3.63, 3.8) is 0 Å². The van der Waals surface area contributed by atoms with E-state index in [4.69, 9.17) is 0 Å². The molecular formula is C21H19N5O3S. The molecule has 1 fully saturated rings. The molecule has 4 aromatic rings. The highest BCUT2D eigenvalue weighted by molar-refractivity contribution is 7.89. The molecule has 1 saturated heterocycles. The van der Waals surface area contributed by atoms with Crippen molar-refractivity contribution in [2.45, 2.75) is 4.90 Å². The van der Waals surface area contributed by atoms with E-state index in [0.29, 0.717) is 24.3 Å². The first-order valence-corrected chi connectivity index (χ1v) is 11.0. The SMILES string of the molecule is O=C(c1ccc2nncn2c1)N1CCN(S(=O)(=O)c2ccc3ccccc3c2)CC1. The molecule has 0 saturated carbocycles. The number of piperazine rings is 1. The molecule has 0 radical (unpaired) electrons. The van der Waals surface area contributed by atoms with Crippen LogP contribution in [0.15, 0.2) is 72.0 Å². The summed E-state index contributed by atoms with van der Waals surface area (Å²) in [5.74, 6) is -0.131. The van der Waals surface area contributed by atoms with Gasteiger partial charge in [0.1, 0.15) is 6.33 Å². The van der Waals surface area contributed by atoms with Gasteiger partial charge in [0.05, 0.1) is 10.5 Å². The van der Waals surface area contributed by atoms with Crippen molar-refractivity contribution < 1.29 is 13.2 Å². The van der Waals surface area contributed by atoms with Crippen LogP contribution < -0.4 is 0 Å². The van der Waals surface area contributed by atoms with Crippen LogP contribution in [0.25, 0.3) is 16.4 Å². The Labute approximate surface area is 173 Å². The lowest BCUT2D eigenvalue weighted by atomic mass is 10.1. The average molecular weight is 421 g/mol. The molecule has 2 aromatic heterocycles. The van der Waals surface area contributed by atoms with Crippen LogP contribution in [0, 0.1) is 0 Å². The molecule has 2 aromatic carbocycles. The zero-order valence-corrected chi connectivity index (χ0v) is 16.9. The molecule has 0 atom stereocenters. The number of pyridine rings is 1. The molecule has 1 amide bonds. The minimum atomic E-state index is -3.61. The summed E-state index contributed by atoms with van der Waals surface area (Å²) in [6.07, 6.45) is 3.23. The smallest absolute Gasteiger partial charge is 0.255 e. The Balaban J connectivity index is 1.32. The van der Waals surface area contributed by atoms with Gasteiger partial charge < -0.3 is 4.90 Å². The summed E-state index contributed by atoms with van der Waals surface area (Å²) in [4.78, 5) is 14.8. The first kappa shape index (κ1) is 18.7. The van der Waals surface area contributed by atoms with Crippen LogP contribution in [-0.2, 0) is 10.0 Å². The lowest BCUT2D eigenvalue weighted by Gasteiger charge is -2.34. The number of hydrogen-bond acceptors (Lipinski definition) is 5. The first-order chi connectivity index (χ1) is 14.5. The Morgan fingerprint density at radius 2 is 1.67 bits per heavy atom. The highest BCUT2D eigenvalue weighted by Gasteiger charge is 2.30. The van der Waals surface area contributed by atoms with Crippen molar-refractivity contribution in [1.82, 2.24) is 23.8 Å². The van der Waals surface area contributed by atoms with Gasteiger partial charge in [-0.2, -0.15) is 4.31 Å². The molecule has 1 aliphatic rings. The highest BCUT2D eigenvalue weighted by Crippen LogP contribution is 2.23. The number of hydrogen-bond donors (Lipinski definition) is 0. The molecule has 3 heterocycles. The van der Waals surface area contributed by atoms with Gasteiger partial charge in [0.25, 0.3) is 5.91 Å². The molecular weight excluding hydrogens is 402 g/mol. The Morgan fingerprint density at radius 1 is 0.900 bits per heavy atom. The molecule has 0 unspecified atom stereocenters. The third kappa shape index (κ3) is 3.21. The van der Waals surface area contributed by atoms with Crippen molar-refractivity contribution in [3.05, 3.63) is 72.7 Å². The first-order valence-electron chi connectivity index (χ1n) is 9.60. The van der Waals surface area contributed by atoms with Crippen LogP contribution >= 0.6 is 0 Å². The summed E-state index contributed by atoms with van der Waals surface area (Å²) in [5, 5.41) is 9.63. The maximum Gasteiger partial charge on any atom is 0.255 e. The predicted octanol–water partition coefficient (Wildman–Crippen LogP) is 2.03. The Bertz CT molecular complexity index is 1360. The lowest BCUT2D eigenvalue weighted by Crippen LogP contribution is -2.50. The zero-order valence-electron chi connectivity index (χ0n) is 16.0. The van der Waals surface area contributed by atoms with E-state index in [1.807, 2.05) is 30.3 Å². The molecule has 0 spiro atoms. The van der Waals surface area contributed by atoms with Crippen molar-refractivity contribution in [3.8, 4) is 0 Å². The van der Waals surface area contributed by atoms with Gasteiger partial charge in [-0.25, -0.2) is 8.42 Å². The Morgan fingerprint density at radius 3 is 2.47 bits per heavy atom. The minimum absolute atomic E-state index is 0.131. The molecule has 9 heteroatoms. The monoisotopic (exact) mass is 421 g/mol. The Hall–Kier alpha value is -3.30. The van der Waals surface area contributed by atoms with E-state index in [1.165, 1.54) is 4.31 Å². The van der Waals surface area contributed by atoms with Gasteiger partial charge in [-0.05, 0) is 35.0 Å². The average Bonchev–Trinajstić information content (AvgIpc) is 3.26. The number of sulfonamides is 1. The van der Waals surface area contributed by atoms with E-state index in [-0.39, 0.29) is 23.9 Å². The summed E-state index contributed by atoms with van der Waals surface area (Å²) in [6, 6.07) is 16.3. The quantitative estimate of drug-likeness (QED) is 0.505. The summed E-state index contributed by atoms with van der Waals surface area (Å²) in [7, 11) is -3.61. The number of carbonyl (C=O) groups excluding carboxylic acids is 1. The second-order valence-corrected chi connectivity index (χ2v) is 9.16. The van der Waals surface area contributed by atoms with Crippen LogP contribution in [-0.4, -0.2) is 64.3 Å². The maximum absolute atomic E-state index is 13.1. The van der Waals surface area contributed by atoms with Gasteiger partial charge in [-0.1, -0.05) is 30.3 Å². The fourth-order valence-corrected chi connectivity index (χ4v) is 5.20. The summed E-state index contributed by atoms with van der Waals surface area (Å²) in [5.41, 5.74) is 1.19. The van der Waals surface area contributed by atoms with Crippen molar-refractivity contribution >= 4 is 32.4 Å². The fraction of sp³-hybridized carbons (Fsp3) is 0.190.